The molecule has 0 atom stereocenters. The first kappa shape index (κ1) is 15.3. The van der Waals surface area contributed by atoms with Gasteiger partial charge in [0.2, 0.25) is 0 Å². The van der Waals surface area contributed by atoms with E-state index < -0.39 is 11.4 Å². The van der Waals surface area contributed by atoms with Crippen LogP contribution in [0.1, 0.15) is 42.6 Å². The van der Waals surface area contributed by atoms with Crippen LogP contribution in [0.3, 0.4) is 0 Å². The van der Waals surface area contributed by atoms with Crippen LogP contribution in [0.5, 0.6) is 0 Å². The molecule has 1 aromatic heterocycles. The normalized spacial score (nSPS) is 17.0. The van der Waals surface area contributed by atoms with Crippen molar-refractivity contribution in [2.45, 2.75) is 32.1 Å². The number of anilines is 1. The summed E-state index contributed by atoms with van der Waals surface area (Å²) in [4.78, 5) is 27.1. The van der Waals surface area contributed by atoms with Gasteiger partial charge in [0, 0.05) is 25.5 Å². The minimum absolute atomic E-state index is 0.260. The maximum Gasteiger partial charge on any atom is 0.311 e. The van der Waals surface area contributed by atoms with Crippen molar-refractivity contribution in [3.63, 3.8) is 0 Å². The number of carboxylic acid groups (broad SMARTS) is 1. The van der Waals surface area contributed by atoms with Crippen molar-refractivity contribution in [1.82, 2.24) is 10.3 Å². The zero-order valence-electron chi connectivity index (χ0n) is 12.2. The van der Waals surface area contributed by atoms with E-state index in [-0.39, 0.29) is 5.91 Å². The highest BCUT2D eigenvalue weighted by atomic mass is 16.4. The number of amides is 1. The first-order valence-electron chi connectivity index (χ1n) is 7.23. The molecule has 1 fully saturated rings. The number of hydrogen-bond donors (Lipinski definition) is 3. The van der Waals surface area contributed by atoms with E-state index in [2.05, 4.69) is 15.6 Å². The summed E-state index contributed by atoms with van der Waals surface area (Å²) in [6, 6.07) is 3.38. The van der Waals surface area contributed by atoms with Crippen molar-refractivity contribution in [1.29, 1.82) is 0 Å². The van der Waals surface area contributed by atoms with Gasteiger partial charge in [-0.2, -0.15) is 0 Å². The third kappa shape index (κ3) is 3.51. The first-order valence-corrected chi connectivity index (χ1v) is 7.23. The van der Waals surface area contributed by atoms with Gasteiger partial charge in [0.1, 0.15) is 5.69 Å². The molecule has 3 N–H and O–H groups in total. The number of rotatable bonds is 5. The second-order valence-electron chi connectivity index (χ2n) is 5.51. The molecule has 0 unspecified atom stereocenters. The lowest BCUT2D eigenvalue weighted by Crippen LogP contribution is -2.39. The molecule has 21 heavy (non-hydrogen) atoms. The standard InChI is InChI=1S/C15H21N3O3/c1-16-13(19)12-9-11(5-8-17-12)18-10-15(14(20)21)6-3-2-4-7-15/h5,8-9H,2-4,6-7,10H2,1H3,(H,16,19)(H,17,18)(H,20,21). The number of carbonyl (C=O) groups excluding carboxylic acids is 1. The summed E-state index contributed by atoms with van der Waals surface area (Å²) in [7, 11) is 1.55. The van der Waals surface area contributed by atoms with Gasteiger partial charge in [-0.05, 0) is 25.0 Å². The summed E-state index contributed by atoms with van der Waals surface area (Å²) in [6.07, 6.45) is 5.94. The summed E-state index contributed by atoms with van der Waals surface area (Å²) in [5, 5.41) is 15.2. The van der Waals surface area contributed by atoms with Gasteiger partial charge in [-0.1, -0.05) is 19.3 Å². The predicted octanol–water partition coefficient (Wildman–Crippen LogP) is 1.89. The Balaban J connectivity index is 2.07. The molecule has 1 aromatic rings. The molecule has 2 rings (SSSR count). The van der Waals surface area contributed by atoms with Crippen LogP contribution in [0.2, 0.25) is 0 Å². The summed E-state index contributed by atoms with van der Waals surface area (Å²) in [6.45, 7) is 0.375. The topological polar surface area (TPSA) is 91.3 Å². The van der Waals surface area contributed by atoms with E-state index in [4.69, 9.17) is 0 Å². The number of hydrogen-bond acceptors (Lipinski definition) is 4. The lowest BCUT2D eigenvalue weighted by atomic mass is 9.74. The maximum absolute atomic E-state index is 11.6. The largest absolute Gasteiger partial charge is 0.481 e. The Morgan fingerprint density at radius 2 is 2.05 bits per heavy atom. The van der Waals surface area contributed by atoms with Crippen LogP contribution in [0.25, 0.3) is 0 Å². The number of pyridine rings is 1. The number of carbonyl (C=O) groups is 2. The Kier molecular flexibility index (Phi) is 4.77. The van der Waals surface area contributed by atoms with E-state index in [9.17, 15) is 14.7 Å². The molecule has 0 bridgehead atoms. The van der Waals surface area contributed by atoms with E-state index in [1.807, 2.05) is 0 Å². The molecule has 1 heterocycles. The smallest absolute Gasteiger partial charge is 0.311 e. The van der Waals surface area contributed by atoms with E-state index in [0.717, 1.165) is 24.9 Å². The second-order valence-corrected chi connectivity index (χ2v) is 5.51. The van der Waals surface area contributed by atoms with Crippen molar-refractivity contribution in [2.24, 2.45) is 5.41 Å². The molecule has 1 saturated carbocycles. The third-order valence-electron chi connectivity index (χ3n) is 4.11. The highest BCUT2D eigenvalue weighted by Gasteiger charge is 2.39. The molecule has 1 aliphatic rings. The second kappa shape index (κ2) is 6.56. The fourth-order valence-electron chi connectivity index (χ4n) is 2.76. The van der Waals surface area contributed by atoms with Gasteiger partial charge in [-0.25, -0.2) is 0 Å². The lowest BCUT2D eigenvalue weighted by Gasteiger charge is -2.33. The summed E-state index contributed by atoms with van der Waals surface area (Å²) >= 11 is 0. The number of aromatic nitrogens is 1. The predicted molar refractivity (Wildman–Crippen MR) is 79.3 cm³/mol. The molecule has 0 spiro atoms. The van der Waals surface area contributed by atoms with Crippen molar-refractivity contribution in [3.8, 4) is 0 Å². The molecule has 6 heteroatoms. The first-order chi connectivity index (χ1) is 10.1. The molecular formula is C15H21N3O3. The number of carboxylic acids is 1. The van der Waals surface area contributed by atoms with Crippen molar-refractivity contribution in [2.75, 3.05) is 18.9 Å². The van der Waals surface area contributed by atoms with Crippen molar-refractivity contribution < 1.29 is 14.7 Å². The minimum atomic E-state index is -0.740. The summed E-state index contributed by atoms with van der Waals surface area (Å²) in [5.74, 6) is -1.00. The molecule has 1 amide bonds. The lowest BCUT2D eigenvalue weighted by molar-refractivity contribution is -0.150. The van der Waals surface area contributed by atoms with Gasteiger partial charge < -0.3 is 15.7 Å². The molecule has 6 nitrogen and oxygen atoms in total. The van der Waals surface area contributed by atoms with Gasteiger partial charge >= 0.3 is 5.97 Å². The van der Waals surface area contributed by atoms with Crippen LogP contribution in [0.15, 0.2) is 18.3 Å². The van der Waals surface area contributed by atoms with Crippen LogP contribution in [-0.4, -0.2) is 35.6 Å². The number of nitrogens with zero attached hydrogens (tertiary/aromatic N) is 1. The third-order valence-corrected chi connectivity index (χ3v) is 4.11. The van der Waals surface area contributed by atoms with Crippen LogP contribution in [0, 0.1) is 5.41 Å². The van der Waals surface area contributed by atoms with Crippen LogP contribution in [-0.2, 0) is 4.79 Å². The van der Waals surface area contributed by atoms with Gasteiger partial charge in [0.05, 0.1) is 5.41 Å². The molecule has 0 aliphatic heterocycles. The Bertz CT molecular complexity index is 525. The monoisotopic (exact) mass is 291 g/mol. The number of aliphatic carboxylic acids is 1. The van der Waals surface area contributed by atoms with Gasteiger partial charge in [-0.15, -0.1) is 0 Å². The average molecular weight is 291 g/mol. The fourth-order valence-corrected chi connectivity index (χ4v) is 2.76. The van der Waals surface area contributed by atoms with E-state index >= 15 is 0 Å². The molecule has 0 saturated heterocycles. The summed E-state index contributed by atoms with van der Waals surface area (Å²) < 4.78 is 0. The Morgan fingerprint density at radius 3 is 2.67 bits per heavy atom. The van der Waals surface area contributed by atoms with Crippen molar-refractivity contribution in [3.05, 3.63) is 24.0 Å². The Morgan fingerprint density at radius 1 is 1.33 bits per heavy atom. The van der Waals surface area contributed by atoms with Gasteiger partial charge in [0.25, 0.3) is 5.91 Å². The molecule has 0 aromatic carbocycles. The van der Waals surface area contributed by atoms with Gasteiger partial charge in [-0.3, -0.25) is 14.6 Å². The Hall–Kier alpha value is -2.11. The van der Waals surface area contributed by atoms with Crippen LogP contribution in [0.4, 0.5) is 5.69 Å². The van der Waals surface area contributed by atoms with E-state index in [1.54, 1.807) is 25.4 Å². The maximum atomic E-state index is 11.6. The molecule has 0 radical (unpaired) electrons. The molecular weight excluding hydrogens is 270 g/mol. The van der Waals surface area contributed by atoms with E-state index in [1.165, 1.54) is 0 Å². The quantitative estimate of drug-likeness (QED) is 0.770. The molecule has 114 valence electrons. The number of nitrogens with one attached hydrogen (secondary N) is 2. The average Bonchev–Trinajstić information content (AvgIpc) is 2.53. The SMILES string of the molecule is CNC(=O)c1cc(NCC2(C(=O)O)CCCCC2)ccn1. The zero-order chi connectivity index (χ0) is 15.3. The van der Waals surface area contributed by atoms with E-state index in [0.29, 0.717) is 25.1 Å². The highest BCUT2D eigenvalue weighted by Crippen LogP contribution is 2.36. The minimum Gasteiger partial charge on any atom is -0.481 e. The van der Waals surface area contributed by atoms with Gasteiger partial charge in [0.15, 0.2) is 0 Å². The fraction of sp³-hybridized carbons (Fsp3) is 0.533. The van der Waals surface area contributed by atoms with Crippen LogP contribution < -0.4 is 10.6 Å². The highest BCUT2D eigenvalue weighted by molar-refractivity contribution is 5.92. The molecule has 1 aliphatic carbocycles. The van der Waals surface area contributed by atoms with Crippen LogP contribution >= 0.6 is 0 Å². The summed E-state index contributed by atoms with van der Waals surface area (Å²) in [5.41, 5.74) is 0.333. The Labute approximate surface area is 124 Å². The zero-order valence-corrected chi connectivity index (χ0v) is 12.2. The van der Waals surface area contributed by atoms with Crippen molar-refractivity contribution >= 4 is 17.6 Å².